The maximum atomic E-state index is 15.8. The number of ether oxygens (including phenoxy) is 2. The predicted molar refractivity (Wildman–Crippen MR) is 223 cm³/mol. The summed E-state index contributed by atoms with van der Waals surface area (Å²) in [6, 6.07) is 19.0. The van der Waals surface area contributed by atoms with Crippen molar-refractivity contribution in [3.05, 3.63) is 167 Å². The lowest BCUT2D eigenvalue weighted by atomic mass is 10.2. The number of hydrogen-bond acceptors (Lipinski definition) is 8. The molecular weight excluding hydrogens is 877 g/mol. The summed E-state index contributed by atoms with van der Waals surface area (Å²) in [5.41, 5.74) is -1.64. The zero-order valence-electron chi connectivity index (χ0n) is 31.5. The van der Waals surface area contributed by atoms with Gasteiger partial charge < -0.3 is 20.1 Å². The average Bonchev–Trinajstić information content (AvgIpc) is 3.26. The van der Waals surface area contributed by atoms with Gasteiger partial charge in [-0.1, -0.05) is 29.3 Å². The summed E-state index contributed by atoms with van der Waals surface area (Å²) >= 11 is 12.2. The first kappa shape index (κ1) is 42.0. The molecule has 20 heteroatoms. The number of hydrogen-bond donors (Lipinski definition) is 2. The number of carbonyl (C=O) groups is 2. The third-order valence-electron chi connectivity index (χ3n) is 8.95. The van der Waals surface area contributed by atoms with E-state index in [1.54, 1.807) is 24.3 Å². The number of hydrazine groups is 1. The third-order valence-corrected chi connectivity index (χ3v) is 9.52. The maximum Gasteiger partial charge on any atom is 0.417 e. The molecule has 0 aliphatic rings. The van der Waals surface area contributed by atoms with Crippen molar-refractivity contribution < 1.29 is 45.4 Å². The van der Waals surface area contributed by atoms with Crippen LogP contribution in [-0.4, -0.2) is 32.0 Å². The molecule has 0 aliphatic carbocycles. The van der Waals surface area contributed by atoms with E-state index in [0.717, 1.165) is 42.5 Å². The molecule has 316 valence electrons. The minimum absolute atomic E-state index is 0.0174. The van der Waals surface area contributed by atoms with Gasteiger partial charge in [0.05, 0.1) is 55.4 Å². The Labute approximate surface area is 361 Å². The van der Waals surface area contributed by atoms with Crippen molar-refractivity contribution in [3.63, 3.8) is 0 Å². The fourth-order valence-electron chi connectivity index (χ4n) is 6.10. The first-order valence-electron chi connectivity index (χ1n) is 18.1. The number of alkyl halides is 3. The van der Waals surface area contributed by atoms with E-state index in [0.29, 0.717) is 38.2 Å². The first-order chi connectivity index (χ1) is 30.2. The Hall–Kier alpha value is -7.70. The van der Waals surface area contributed by atoms with Gasteiger partial charge in [-0.15, -0.1) is 0 Å². The lowest BCUT2D eigenvalue weighted by Crippen LogP contribution is -2.54. The largest absolute Gasteiger partial charge is 0.457 e. The monoisotopic (exact) mass is 900 g/mol. The number of aromatic nitrogens is 4. The minimum Gasteiger partial charge on any atom is -0.457 e. The van der Waals surface area contributed by atoms with Crippen LogP contribution in [0, 0.1) is 17.5 Å². The van der Waals surface area contributed by atoms with Crippen LogP contribution in [0.25, 0.3) is 22.1 Å². The third kappa shape index (κ3) is 9.17. The second-order valence-electron chi connectivity index (χ2n) is 13.1. The molecule has 0 radical (unpaired) electrons. The van der Waals surface area contributed by atoms with Crippen LogP contribution in [0.3, 0.4) is 0 Å². The summed E-state index contributed by atoms with van der Waals surface area (Å²) in [5.74, 6) is -4.48. The van der Waals surface area contributed by atoms with Crippen LogP contribution in [0.1, 0.15) is 5.56 Å². The number of carbonyl (C=O) groups excluding carboxylic acids is 2. The van der Waals surface area contributed by atoms with Gasteiger partial charge in [0, 0.05) is 48.0 Å². The number of nitrogens with one attached hydrogen (secondary N) is 2. The van der Waals surface area contributed by atoms with Crippen LogP contribution < -0.4 is 30.1 Å². The zero-order valence-corrected chi connectivity index (χ0v) is 33.1. The highest BCUT2D eigenvalue weighted by Crippen LogP contribution is 2.39. The predicted octanol–water partition coefficient (Wildman–Crippen LogP) is 12.6. The molecule has 0 spiro atoms. The highest BCUT2D eigenvalue weighted by molar-refractivity contribution is 6.32. The molecule has 8 rings (SSSR count). The van der Waals surface area contributed by atoms with Crippen LogP contribution in [-0.2, 0) is 6.18 Å². The fraction of sp³-hybridized carbons (Fsp3) is 0.0233. The quantitative estimate of drug-likeness (QED) is 0.114. The molecule has 0 bridgehead atoms. The Morgan fingerprint density at radius 1 is 0.556 bits per heavy atom. The summed E-state index contributed by atoms with van der Waals surface area (Å²) in [5, 5.41) is 4.48. The van der Waals surface area contributed by atoms with Gasteiger partial charge in [-0.3, -0.25) is 19.9 Å². The summed E-state index contributed by atoms with van der Waals surface area (Å²) in [4.78, 5) is 45.4. The molecule has 0 aliphatic heterocycles. The Kier molecular flexibility index (Phi) is 11.6. The number of anilines is 4. The molecule has 12 nitrogen and oxygen atoms in total. The maximum absolute atomic E-state index is 15.8. The number of benzene rings is 6. The van der Waals surface area contributed by atoms with Gasteiger partial charge in [-0.05, 0) is 84.9 Å². The van der Waals surface area contributed by atoms with E-state index in [9.17, 15) is 22.8 Å². The van der Waals surface area contributed by atoms with Crippen molar-refractivity contribution >= 4 is 80.1 Å². The zero-order chi connectivity index (χ0) is 44.4. The lowest BCUT2D eigenvalue weighted by Gasteiger charge is -2.35. The number of nitrogens with zero attached hydrogens (tertiary/aromatic N) is 6. The van der Waals surface area contributed by atoms with E-state index in [1.807, 2.05) is 0 Å². The molecule has 63 heavy (non-hydrogen) atoms. The Morgan fingerprint density at radius 2 is 1.10 bits per heavy atom. The SMILES string of the molecule is O=C(Nc1ccc(Oc2ccc3nccnc3c2)cc1F)N(c1ccc(Cl)c(C(F)(F)F)c1)N(C(=O)Nc1ccc(Oc2ccc3nccnc3c2)c(F)c1F)c1cccc(Cl)c1. The molecule has 2 heterocycles. The van der Waals surface area contributed by atoms with Gasteiger partial charge in [0.15, 0.2) is 11.6 Å². The normalized spacial score (nSPS) is 11.3. The van der Waals surface area contributed by atoms with Gasteiger partial charge in [0.2, 0.25) is 5.82 Å². The molecule has 0 fully saturated rings. The molecule has 0 saturated heterocycles. The first-order valence-corrected chi connectivity index (χ1v) is 18.9. The summed E-state index contributed by atoms with van der Waals surface area (Å²) in [6.07, 6.45) is 0.824. The van der Waals surface area contributed by atoms with E-state index in [1.165, 1.54) is 61.2 Å². The Morgan fingerprint density at radius 3 is 1.70 bits per heavy atom. The van der Waals surface area contributed by atoms with Gasteiger partial charge in [0.1, 0.15) is 23.1 Å². The topological polar surface area (TPSA) is 135 Å². The molecule has 2 N–H and O–H groups in total. The summed E-state index contributed by atoms with van der Waals surface area (Å²) in [7, 11) is 0. The summed E-state index contributed by atoms with van der Waals surface area (Å²) < 4.78 is 101. The highest BCUT2D eigenvalue weighted by atomic mass is 35.5. The molecule has 2 aromatic heterocycles. The van der Waals surface area contributed by atoms with E-state index >= 15 is 13.2 Å². The van der Waals surface area contributed by atoms with Crippen molar-refractivity contribution in [2.45, 2.75) is 6.18 Å². The number of amides is 4. The van der Waals surface area contributed by atoms with E-state index in [-0.39, 0.29) is 28.0 Å². The van der Waals surface area contributed by atoms with Crippen molar-refractivity contribution in [1.82, 2.24) is 19.9 Å². The second-order valence-corrected chi connectivity index (χ2v) is 14.0. The van der Waals surface area contributed by atoms with Crippen molar-refractivity contribution in [2.75, 3.05) is 20.7 Å². The molecule has 0 unspecified atom stereocenters. The number of fused-ring (bicyclic) bond motifs is 2. The van der Waals surface area contributed by atoms with Crippen molar-refractivity contribution in [2.24, 2.45) is 0 Å². The summed E-state index contributed by atoms with van der Waals surface area (Å²) in [6.45, 7) is 0. The minimum atomic E-state index is -5.07. The van der Waals surface area contributed by atoms with E-state index < -0.39 is 69.1 Å². The van der Waals surface area contributed by atoms with Gasteiger partial charge in [-0.2, -0.15) is 27.6 Å². The fourth-order valence-corrected chi connectivity index (χ4v) is 6.51. The molecule has 8 aromatic rings. The Balaban J connectivity index is 1.14. The van der Waals surface area contributed by atoms with E-state index in [4.69, 9.17) is 32.7 Å². The number of rotatable bonds is 8. The van der Waals surface area contributed by atoms with Crippen molar-refractivity contribution in [3.8, 4) is 23.0 Å². The van der Waals surface area contributed by atoms with Crippen LogP contribution in [0.5, 0.6) is 23.0 Å². The molecular formula is C43H24Cl2F6N8O4. The standard InChI is InChI=1S/C43H24Cl2F6N8O4/c44-23-2-1-3-24(18-23)58(42(61)57-35-12-13-38(40(48)39(35)47)63-28-7-11-34-37(22-28)55-17-15-53-34)59(25-4-8-30(45)29(19-25)43(49,50)51)41(60)56-32-9-5-26(20-31(32)46)62-27-6-10-33-36(21-27)54-16-14-52-33/h1-22H,(H,56,60)(H,57,61). The second kappa shape index (κ2) is 17.3. The van der Waals surface area contributed by atoms with Crippen LogP contribution in [0.2, 0.25) is 10.0 Å². The van der Waals surface area contributed by atoms with E-state index in [2.05, 4.69) is 30.6 Å². The molecule has 0 atom stereocenters. The molecule has 4 amide bonds. The number of halogens is 8. The smallest absolute Gasteiger partial charge is 0.417 e. The van der Waals surface area contributed by atoms with Crippen LogP contribution >= 0.6 is 23.2 Å². The molecule has 0 saturated carbocycles. The molecule has 6 aromatic carbocycles. The lowest BCUT2D eigenvalue weighted by molar-refractivity contribution is -0.137. The van der Waals surface area contributed by atoms with Crippen LogP contribution in [0.4, 0.5) is 58.7 Å². The van der Waals surface area contributed by atoms with Gasteiger partial charge >= 0.3 is 18.2 Å². The van der Waals surface area contributed by atoms with Gasteiger partial charge in [-0.25, -0.2) is 18.4 Å². The van der Waals surface area contributed by atoms with Crippen molar-refractivity contribution in [1.29, 1.82) is 0 Å². The highest BCUT2D eigenvalue weighted by Gasteiger charge is 2.37. The Bertz CT molecular complexity index is 3070. The number of urea groups is 2. The van der Waals surface area contributed by atoms with Crippen LogP contribution in [0.15, 0.2) is 134 Å². The van der Waals surface area contributed by atoms with Gasteiger partial charge in [0.25, 0.3) is 0 Å². The average molecular weight is 902 g/mol.